The maximum absolute atomic E-state index is 12.5. The summed E-state index contributed by atoms with van der Waals surface area (Å²) >= 11 is 16.7. The van der Waals surface area contributed by atoms with E-state index in [1.165, 1.54) is 36.8 Å². The molecule has 3 aromatic carbocycles. The summed E-state index contributed by atoms with van der Waals surface area (Å²) in [5.41, 5.74) is 3.92. The number of carbonyl (C=O) groups excluding carboxylic acids is 1. The molecule has 184 valence electrons. The molecule has 0 bridgehead atoms. The van der Waals surface area contributed by atoms with Crippen molar-refractivity contribution in [3.63, 3.8) is 0 Å². The highest BCUT2D eigenvalue weighted by atomic mass is 79.9. The van der Waals surface area contributed by atoms with Crippen LogP contribution >= 0.6 is 50.5 Å². The molecule has 0 aliphatic rings. The molecule has 0 saturated heterocycles. The molecule has 0 radical (unpaired) electrons. The molecular weight excluding hydrogens is 593 g/mol. The van der Waals surface area contributed by atoms with Gasteiger partial charge in [0.25, 0.3) is 11.6 Å². The van der Waals surface area contributed by atoms with Crippen LogP contribution in [0.5, 0.6) is 11.5 Å². The van der Waals surface area contributed by atoms with Crippen molar-refractivity contribution in [3.8, 4) is 11.5 Å². The number of nitro benzene ring substituents is 1. The fourth-order valence-electron chi connectivity index (χ4n) is 3.18. The second-order valence-electron chi connectivity index (χ2n) is 7.35. The lowest BCUT2D eigenvalue weighted by Gasteiger charge is -2.13. The zero-order valence-electron chi connectivity index (χ0n) is 18.5. The number of methoxy groups -OCH3 is 1. The van der Waals surface area contributed by atoms with Crippen molar-refractivity contribution in [2.75, 3.05) is 7.11 Å². The minimum atomic E-state index is -0.475. The van der Waals surface area contributed by atoms with Crippen molar-refractivity contribution in [3.05, 3.63) is 95.2 Å². The van der Waals surface area contributed by atoms with Gasteiger partial charge >= 0.3 is 0 Å². The number of halogens is 3. The van der Waals surface area contributed by atoms with E-state index in [1.807, 2.05) is 6.07 Å². The summed E-state index contributed by atoms with van der Waals surface area (Å²) < 4.78 is 12.8. The molecule has 36 heavy (non-hydrogen) atoms. The van der Waals surface area contributed by atoms with E-state index in [9.17, 15) is 14.9 Å². The number of hydrogen-bond donors (Lipinski definition) is 1. The molecule has 4 aromatic rings. The SMILES string of the molecule is COc1cc(/C=N\NC(=O)c2cc3cc([N+](=O)[O-])ccc3s2)c(Br)cc1OCc1ccc(Cl)c(Cl)c1. The maximum atomic E-state index is 12.5. The Bertz CT molecular complexity index is 1510. The van der Waals surface area contributed by atoms with E-state index in [2.05, 4.69) is 26.5 Å². The Morgan fingerprint density at radius 3 is 2.67 bits per heavy atom. The summed E-state index contributed by atoms with van der Waals surface area (Å²) in [6.07, 6.45) is 1.46. The van der Waals surface area contributed by atoms with E-state index in [0.29, 0.717) is 41.8 Å². The van der Waals surface area contributed by atoms with Crippen LogP contribution < -0.4 is 14.9 Å². The summed E-state index contributed by atoms with van der Waals surface area (Å²) in [6.45, 7) is 0.251. The van der Waals surface area contributed by atoms with Crippen molar-refractivity contribution < 1.29 is 19.2 Å². The normalized spacial score (nSPS) is 11.1. The van der Waals surface area contributed by atoms with Gasteiger partial charge in [0.05, 0.1) is 33.2 Å². The number of amides is 1. The van der Waals surface area contributed by atoms with Crippen molar-refractivity contribution in [2.45, 2.75) is 6.61 Å². The van der Waals surface area contributed by atoms with Crippen molar-refractivity contribution >= 4 is 78.4 Å². The number of ether oxygens (including phenoxy) is 2. The minimum Gasteiger partial charge on any atom is -0.493 e. The van der Waals surface area contributed by atoms with Crippen LogP contribution in [0.25, 0.3) is 10.1 Å². The van der Waals surface area contributed by atoms with E-state index in [0.717, 1.165) is 10.3 Å². The molecule has 0 aliphatic heterocycles. The molecule has 1 heterocycles. The second kappa shape index (κ2) is 11.3. The van der Waals surface area contributed by atoms with E-state index >= 15 is 0 Å². The van der Waals surface area contributed by atoms with Gasteiger partial charge in [0, 0.05) is 32.3 Å². The monoisotopic (exact) mass is 607 g/mol. The molecule has 0 unspecified atom stereocenters. The lowest BCUT2D eigenvalue weighted by molar-refractivity contribution is -0.384. The first-order valence-electron chi connectivity index (χ1n) is 10.2. The Morgan fingerprint density at radius 2 is 1.94 bits per heavy atom. The Hall–Kier alpha value is -3.18. The fraction of sp³-hybridized carbons (Fsp3) is 0.0833. The Morgan fingerprint density at radius 1 is 1.14 bits per heavy atom. The van der Waals surface area contributed by atoms with E-state index in [4.69, 9.17) is 32.7 Å². The standard InChI is InChI=1S/C24H16BrCl2N3O5S/c1-34-20-8-15(17(25)10-21(20)35-12-13-2-4-18(26)19(27)6-13)11-28-29-24(31)23-9-14-7-16(30(32)33)3-5-22(14)36-23/h2-11H,12H2,1H3,(H,29,31)/b28-11-. The number of benzene rings is 3. The zero-order chi connectivity index (χ0) is 25.8. The molecule has 0 spiro atoms. The van der Waals surface area contributed by atoms with Crippen molar-refractivity contribution in [1.29, 1.82) is 0 Å². The third kappa shape index (κ3) is 5.96. The largest absolute Gasteiger partial charge is 0.493 e. The molecule has 1 amide bonds. The van der Waals surface area contributed by atoms with Crippen LogP contribution in [0, 0.1) is 10.1 Å². The molecule has 12 heteroatoms. The first kappa shape index (κ1) is 25.9. The molecule has 0 atom stereocenters. The van der Waals surface area contributed by atoms with Gasteiger partial charge in [-0.25, -0.2) is 5.43 Å². The number of rotatable bonds is 8. The van der Waals surface area contributed by atoms with Gasteiger partial charge in [0.1, 0.15) is 6.61 Å². The Kier molecular flexibility index (Phi) is 8.10. The average Bonchev–Trinajstić information content (AvgIpc) is 3.29. The number of fused-ring (bicyclic) bond motifs is 1. The van der Waals surface area contributed by atoms with Crippen LogP contribution in [0.2, 0.25) is 10.0 Å². The molecular formula is C24H16BrCl2N3O5S. The number of hydrogen-bond acceptors (Lipinski definition) is 7. The third-order valence-electron chi connectivity index (χ3n) is 4.97. The quantitative estimate of drug-likeness (QED) is 0.129. The van der Waals surface area contributed by atoms with E-state index in [1.54, 1.807) is 36.4 Å². The summed E-state index contributed by atoms with van der Waals surface area (Å²) in [5, 5.41) is 16.5. The summed E-state index contributed by atoms with van der Waals surface area (Å²) in [5.74, 6) is 0.535. The zero-order valence-corrected chi connectivity index (χ0v) is 22.4. The highest BCUT2D eigenvalue weighted by Gasteiger charge is 2.14. The van der Waals surface area contributed by atoms with Gasteiger partial charge in [-0.1, -0.05) is 29.3 Å². The molecule has 0 saturated carbocycles. The summed E-state index contributed by atoms with van der Waals surface area (Å²) in [6, 6.07) is 14.7. The topological polar surface area (TPSA) is 103 Å². The molecule has 0 aliphatic carbocycles. The Balaban J connectivity index is 1.44. The number of thiophene rings is 1. The fourth-order valence-corrected chi connectivity index (χ4v) is 4.86. The molecule has 1 N–H and O–H groups in total. The lowest BCUT2D eigenvalue weighted by atomic mass is 10.2. The highest BCUT2D eigenvalue weighted by molar-refractivity contribution is 9.10. The van der Waals surface area contributed by atoms with Crippen LogP contribution in [0.15, 0.2) is 64.2 Å². The van der Waals surface area contributed by atoms with Crippen LogP contribution in [-0.4, -0.2) is 24.2 Å². The molecule has 1 aromatic heterocycles. The smallest absolute Gasteiger partial charge is 0.281 e. The van der Waals surface area contributed by atoms with Crippen LogP contribution in [0.3, 0.4) is 0 Å². The van der Waals surface area contributed by atoms with Gasteiger partial charge in [-0.15, -0.1) is 11.3 Å². The van der Waals surface area contributed by atoms with Gasteiger partial charge in [0.2, 0.25) is 0 Å². The number of nitrogens with one attached hydrogen (secondary N) is 1. The van der Waals surface area contributed by atoms with E-state index in [-0.39, 0.29) is 12.3 Å². The maximum Gasteiger partial charge on any atom is 0.281 e. The second-order valence-corrected chi connectivity index (χ2v) is 10.1. The molecule has 8 nitrogen and oxygen atoms in total. The molecule has 0 fully saturated rings. The number of non-ortho nitro benzene ring substituents is 1. The summed E-state index contributed by atoms with van der Waals surface area (Å²) in [7, 11) is 1.52. The predicted molar refractivity (Wildman–Crippen MR) is 145 cm³/mol. The third-order valence-corrected chi connectivity index (χ3v) is 7.51. The first-order chi connectivity index (χ1) is 17.2. The minimum absolute atomic E-state index is 0.0338. The van der Waals surface area contributed by atoms with Crippen molar-refractivity contribution in [1.82, 2.24) is 5.43 Å². The predicted octanol–water partition coefficient (Wildman–Crippen LogP) is 7.23. The number of hydrazone groups is 1. The van der Waals surface area contributed by atoms with Gasteiger partial charge in [-0.2, -0.15) is 5.10 Å². The number of nitro groups is 1. The van der Waals surface area contributed by atoms with Gasteiger partial charge in [-0.05, 0) is 57.9 Å². The summed E-state index contributed by atoms with van der Waals surface area (Å²) in [4.78, 5) is 23.4. The average molecular weight is 609 g/mol. The van der Waals surface area contributed by atoms with Gasteiger partial charge < -0.3 is 9.47 Å². The van der Waals surface area contributed by atoms with Crippen LogP contribution in [-0.2, 0) is 6.61 Å². The lowest BCUT2D eigenvalue weighted by Crippen LogP contribution is -2.16. The van der Waals surface area contributed by atoms with Gasteiger partial charge in [0.15, 0.2) is 11.5 Å². The first-order valence-corrected chi connectivity index (χ1v) is 12.6. The van der Waals surface area contributed by atoms with Crippen molar-refractivity contribution in [2.24, 2.45) is 5.10 Å². The number of carbonyl (C=O) groups is 1. The molecule has 4 rings (SSSR count). The van der Waals surface area contributed by atoms with Crippen LogP contribution in [0.4, 0.5) is 5.69 Å². The van der Waals surface area contributed by atoms with Gasteiger partial charge in [-0.3, -0.25) is 14.9 Å². The Labute approximate surface area is 227 Å². The van der Waals surface area contributed by atoms with E-state index < -0.39 is 10.8 Å². The van der Waals surface area contributed by atoms with Crippen LogP contribution in [0.1, 0.15) is 20.8 Å². The highest BCUT2D eigenvalue weighted by Crippen LogP contribution is 2.34. The number of nitrogens with zero attached hydrogens (tertiary/aromatic N) is 2.